The number of hydrazine groups is 1. The van der Waals surface area contributed by atoms with Crippen LogP contribution in [0.15, 0.2) is 76.7 Å². The van der Waals surface area contributed by atoms with Crippen molar-refractivity contribution < 1.29 is 8.78 Å². The third kappa shape index (κ3) is 6.69. The van der Waals surface area contributed by atoms with Crippen LogP contribution in [-0.2, 0) is 6.42 Å². The van der Waals surface area contributed by atoms with Crippen LogP contribution in [-0.4, -0.2) is 18.0 Å². The van der Waals surface area contributed by atoms with Crippen molar-refractivity contribution in [3.63, 3.8) is 0 Å². The molecule has 0 saturated heterocycles. The summed E-state index contributed by atoms with van der Waals surface area (Å²) in [5.74, 6) is 4.81. The van der Waals surface area contributed by atoms with E-state index >= 15 is 0 Å². The molecule has 33 heavy (non-hydrogen) atoms. The van der Waals surface area contributed by atoms with E-state index in [1.54, 1.807) is 0 Å². The highest BCUT2D eigenvalue weighted by Gasteiger charge is 2.23. The van der Waals surface area contributed by atoms with Gasteiger partial charge < -0.3 is 10.0 Å². The molecule has 0 aromatic heterocycles. The second kappa shape index (κ2) is 11.7. The minimum absolute atomic E-state index is 0.202. The van der Waals surface area contributed by atoms with Gasteiger partial charge in [0.2, 0.25) is 0 Å². The van der Waals surface area contributed by atoms with Crippen LogP contribution in [0.1, 0.15) is 36.1 Å². The molecule has 5 nitrogen and oxygen atoms in total. The van der Waals surface area contributed by atoms with E-state index in [9.17, 15) is 8.78 Å². The zero-order chi connectivity index (χ0) is 23.8. The van der Waals surface area contributed by atoms with Gasteiger partial charge in [0.15, 0.2) is 0 Å². The van der Waals surface area contributed by atoms with Gasteiger partial charge in [-0.25, -0.2) is 19.7 Å². The molecule has 8 heteroatoms. The molecule has 0 fully saturated rings. The molecule has 0 saturated carbocycles. The first kappa shape index (κ1) is 24.5. The van der Waals surface area contributed by atoms with Crippen LogP contribution in [0.5, 0.6) is 0 Å². The summed E-state index contributed by atoms with van der Waals surface area (Å²) in [7, 11) is 0. The quantitative estimate of drug-likeness (QED) is 0.134. The summed E-state index contributed by atoms with van der Waals surface area (Å²) >= 11 is 1.39. The van der Waals surface area contributed by atoms with Crippen molar-refractivity contribution in [1.82, 2.24) is 5.12 Å². The number of nitrogens with two attached hydrogens (primary N) is 2. The molecule has 0 bridgehead atoms. The summed E-state index contributed by atoms with van der Waals surface area (Å²) < 4.78 is 30.8. The Balaban J connectivity index is 1.92. The lowest BCUT2D eigenvalue weighted by molar-refractivity contribution is 0.296. The molecule has 0 amide bonds. The van der Waals surface area contributed by atoms with Gasteiger partial charge in [-0.1, -0.05) is 42.0 Å². The van der Waals surface area contributed by atoms with E-state index in [2.05, 4.69) is 11.2 Å². The Morgan fingerprint density at radius 1 is 1.06 bits per heavy atom. The molecule has 4 N–H and O–H groups in total. The van der Waals surface area contributed by atoms with E-state index in [-0.39, 0.29) is 11.7 Å². The lowest BCUT2D eigenvalue weighted by Gasteiger charge is -2.32. The molecular weight excluding hydrogens is 440 g/mol. The average Bonchev–Trinajstić information content (AvgIpc) is 2.80. The van der Waals surface area contributed by atoms with Crippen LogP contribution in [0.25, 0.3) is 0 Å². The van der Waals surface area contributed by atoms with Crippen LogP contribution in [0, 0.1) is 18.6 Å². The Labute approximate surface area is 198 Å². The van der Waals surface area contributed by atoms with Gasteiger partial charge in [-0.3, -0.25) is 0 Å². The molecule has 0 heterocycles. The Morgan fingerprint density at radius 2 is 1.79 bits per heavy atom. The van der Waals surface area contributed by atoms with E-state index in [4.69, 9.17) is 11.6 Å². The Hall–Kier alpha value is -3.10. The molecule has 0 aliphatic rings. The van der Waals surface area contributed by atoms with Crippen LogP contribution < -0.4 is 15.9 Å². The van der Waals surface area contributed by atoms with E-state index in [1.165, 1.54) is 29.2 Å². The van der Waals surface area contributed by atoms with Gasteiger partial charge in [-0.15, -0.1) is 0 Å². The molecule has 3 aromatic rings. The Morgan fingerprint density at radius 3 is 2.52 bits per heavy atom. The van der Waals surface area contributed by atoms with Gasteiger partial charge in [0.05, 0.1) is 18.3 Å². The van der Waals surface area contributed by atoms with Crippen LogP contribution in [0.2, 0.25) is 0 Å². The number of hydrazone groups is 1. The minimum Gasteiger partial charge on any atom is -0.388 e. The number of aryl methyl sites for hydroxylation is 2. The number of benzene rings is 3. The Kier molecular flexibility index (Phi) is 8.68. The molecule has 0 aliphatic heterocycles. The summed E-state index contributed by atoms with van der Waals surface area (Å²) in [5.41, 5.74) is 8.76. The summed E-state index contributed by atoms with van der Waals surface area (Å²) in [4.78, 5) is 0.937. The highest BCUT2D eigenvalue weighted by Crippen LogP contribution is 2.40. The zero-order valence-corrected chi connectivity index (χ0v) is 19.6. The molecule has 1 unspecified atom stereocenters. The van der Waals surface area contributed by atoms with Gasteiger partial charge in [0.25, 0.3) is 0 Å². The third-order valence-electron chi connectivity index (χ3n) is 5.28. The summed E-state index contributed by atoms with van der Waals surface area (Å²) in [5, 5.41) is 5.13. The second-order valence-corrected chi connectivity index (χ2v) is 8.78. The van der Waals surface area contributed by atoms with E-state index in [0.29, 0.717) is 6.54 Å². The van der Waals surface area contributed by atoms with E-state index < -0.39 is 11.6 Å². The molecule has 1 atom stereocenters. The number of nitrogens with zero attached hydrogens (tertiary/aromatic N) is 3. The molecule has 0 spiro atoms. The van der Waals surface area contributed by atoms with E-state index in [0.717, 1.165) is 46.8 Å². The monoisotopic (exact) mass is 469 g/mol. The predicted molar refractivity (Wildman–Crippen MR) is 133 cm³/mol. The maximum atomic E-state index is 14.9. The SMILES string of the molecule is Cc1ccc(SN(c2cc(F)ccc2F)C(C)c2ccccc2CCCN(N)/N=C\N)cc1. The molecular formula is C25H29F2N5S. The fraction of sp³-hybridized carbons (Fsp3) is 0.240. The first-order chi connectivity index (χ1) is 15.9. The van der Waals surface area contributed by atoms with Crippen molar-refractivity contribution in [2.75, 3.05) is 10.8 Å². The van der Waals surface area contributed by atoms with Crippen LogP contribution in [0.4, 0.5) is 14.5 Å². The molecule has 174 valence electrons. The average molecular weight is 470 g/mol. The third-order valence-corrected chi connectivity index (χ3v) is 6.47. The maximum Gasteiger partial charge on any atom is 0.147 e. The van der Waals surface area contributed by atoms with Crippen LogP contribution >= 0.6 is 11.9 Å². The summed E-state index contributed by atoms with van der Waals surface area (Å²) in [6, 6.07) is 19.3. The minimum atomic E-state index is -0.482. The van der Waals surface area contributed by atoms with Gasteiger partial charge in [0, 0.05) is 11.0 Å². The predicted octanol–water partition coefficient (Wildman–Crippen LogP) is 5.56. The fourth-order valence-electron chi connectivity index (χ4n) is 3.57. The number of rotatable bonds is 10. The molecule has 3 aromatic carbocycles. The van der Waals surface area contributed by atoms with Crippen LogP contribution in [0.3, 0.4) is 0 Å². The molecule has 0 aliphatic carbocycles. The second-order valence-electron chi connectivity index (χ2n) is 7.73. The largest absolute Gasteiger partial charge is 0.388 e. The first-order valence-corrected chi connectivity index (χ1v) is 11.5. The van der Waals surface area contributed by atoms with Gasteiger partial charge >= 0.3 is 0 Å². The summed E-state index contributed by atoms with van der Waals surface area (Å²) in [6.45, 7) is 4.55. The van der Waals surface area contributed by atoms with E-state index in [1.807, 2.05) is 60.6 Å². The Bertz CT molecular complexity index is 1070. The topological polar surface area (TPSA) is 70.9 Å². The molecule has 3 rings (SSSR count). The van der Waals surface area contributed by atoms with Gasteiger partial charge in [0.1, 0.15) is 18.0 Å². The zero-order valence-electron chi connectivity index (χ0n) is 18.8. The fourth-order valence-corrected chi connectivity index (χ4v) is 4.57. The maximum absolute atomic E-state index is 14.9. The van der Waals surface area contributed by atoms with Gasteiger partial charge in [-0.2, -0.15) is 5.10 Å². The first-order valence-electron chi connectivity index (χ1n) is 10.7. The van der Waals surface area contributed by atoms with Crippen molar-refractivity contribution in [1.29, 1.82) is 0 Å². The number of hydrogen-bond donors (Lipinski definition) is 2. The highest BCUT2D eigenvalue weighted by molar-refractivity contribution is 8.00. The van der Waals surface area contributed by atoms with Crippen molar-refractivity contribution in [2.45, 2.75) is 37.6 Å². The van der Waals surface area contributed by atoms with Crippen molar-refractivity contribution >= 4 is 24.0 Å². The smallest absolute Gasteiger partial charge is 0.147 e. The van der Waals surface area contributed by atoms with Crippen molar-refractivity contribution in [3.05, 3.63) is 95.1 Å². The van der Waals surface area contributed by atoms with Crippen molar-refractivity contribution in [2.24, 2.45) is 16.7 Å². The number of hydrogen-bond acceptors (Lipinski definition) is 5. The lowest BCUT2D eigenvalue weighted by atomic mass is 9.97. The molecule has 0 radical (unpaired) electrons. The highest BCUT2D eigenvalue weighted by atomic mass is 32.2. The summed E-state index contributed by atoms with van der Waals surface area (Å²) in [6.07, 6.45) is 2.67. The normalized spacial score (nSPS) is 12.2. The van der Waals surface area contributed by atoms with Gasteiger partial charge in [-0.05, 0) is 74.0 Å². The number of anilines is 1. The lowest BCUT2D eigenvalue weighted by Crippen LogP contribution is -2.27. The van der Waals surface area contributed by atoms with Crippen molar-refractivity contribution in [3.8, 4) is 0 Å². The number of halogens is 2. The standard InChI is InChI=1S/C25H29F2N5S/c1-18-9-12-22(13-10-18)33-32(25-16-21(26)11-14-24(25)27)19(2)23-8-4-3-6-20(23)7-5-15-31(29)30-17-28/h3-4,6,8-14,16-17,19H,5,7,15,29H2,1-2H3,(H2,28,30).